The second-order valence-corrected chi connectivity index (χ2v) is 4.95. The van der Waals surface area contributed by atoms with Crippen LogP contribution in [-0.4, -0.2) is 0 Å². The van der Waals surface area contributed by atoms with Gasteiger partial charge in [-0.05, 0) is 51.7 Å². The first-order valence-electron chi connectivity index (χ1n) is 5.96. The van der Waals surface area contributed by atoms with E-state index in [4.69, 9.17) is 0 Å². The number of halogens is 2. The van der Waals surface area contributed by atoms with Crippen molar-refractivity contribution in [2.45, 2.75) is 19.9 Å². The molecule has 0 radical (unpaired) electrons. The highest BCUT2D eigenvalue weighted by Gasteiger charge is 2.03. The lowest BCUT2D eigenvalue weighted by atomic mass is 10.1. The minimum atomic E-state index is -0.232. The maximum Gasteiger partial charge on any atom is 0.125 e. The second kappa shape index (κ2) is 6.01. The zero-order valence-corrected chi connectivity index (χ0v) is 11.8. The van der Waals surface area contributed by atoms with Gasteiger partial charge in [0.15, 0.2) is 0 Å². The summed E-state index contributed by atoms with van der Waals surface area (Å²) in [7, 11) is 0. The molecule has 1 nitrogen and oxygen atoms in total. The van der Waals surface area contributed by atoms with Crippen molar-refractivity contribution in [1.82, 2.24) is 0 Å². The van der Waals surface area contributed by atoms with Crippen LogP contribution in [0.15, 0.2) is 46.9 Å². The largest absolute Gasteiger partial charge is 0.380 e. The maximum absolute atomic E-state index is 13.2. The molecule has 2 aromatic rings. The van der Waals surface area contributed by atoms with E-state index < -0.39 is 0 Å². The van der Waals surface area contributed by atoms with Crippen LogP contribution in [0.2, 0.25) is 0 Å². The number of hydrogen-bond acceptors (Lipinski definition) is 1. The quantitative estimate of drug-likeness (QED) is 0.858. The summed E-state index contributed by atoms with van der Waals surface area (Å²) >= 11 is 3.41. The van der Waals surface area contributed by atoms with E-state index in [0.717, 1.165) is 16.6 Å². The molecule has 0 saturated heterocycles. The Hall–Kier alpha value is -1.35. The molecule has 0 atom stereocenters. The van der Waals surface area contributed by atoms with E-state index in [2.05, 4.69) is 40.3 Å². The lowest BCUT2D eigenvalue weighted by molar-refractivity contribution is 0.628. The van der Waals surface area contributed by atoms with E-state index in [1.807, 2.05) is 12.1 Å². The average molecular weight is 308 g/mol. The highest BCUT2D eigenvalue weighted by atomic mass is 79.9. The molecule has 2 aromatic carbocycles. The van der Waals surface area contributed by atoms with Gasteiger partial charge in [0.1, 0.15) is 5.82 Å². The molecular weight excluding hydrogens is 293 g/mol. The van der Waals surface area contributed by atoms with E-state index in [-0.39, 0.29) is 5.82 Å². The summed E-state index contributed by atoms with van der Waals surface area (Å²) in [5.41, 5.74) is 3.34. The summed E-state index contributed by atoms with van der Waals surface area (Å²) in [6.07, 6.45) is 1.00. The lowest BCUT2D eigenvalue weighted by Gasteiger charge is -2.11. The first-order chi connectivity index (χ1) is 8.70. The number of nitrogens with one attached hydrogen (secondary N) is 1. The predicted molar refractivity (Wildman–Crippen MR) is 77.2 cm³/mol. The van der Waals surface area contributed by atoms with Gasteiger partial charge in [0.2, 0.25) is 0 Å². The van der Waals surface area contributed by atoms with Crippen LogP contribution in [0.3, 0.4) is 0 Å². The zero-order chi connectivity index (χ0) is 13.0. The maximum atomic E-state index is 13.2. The van der Waals surface area contributed by atoms with E-state index in [9.17, 15) is 4.39 Å². The van der Waals surface area contributed by atoms with Crippen LogP contribution in [0, 0.1) is 5.82 Å². The van der Waals surface area contributed by atoms with Gasteiger partial charge in [-0.3, -0.25) is 0 Å². The molecule has 3 heteroatoms. The molecule has 0 heterocycles. The SMILES string of the molecule is CCc1ccccc1CNc1cc(F)ccc1Br. The summed E-state index contributed by atoms with van der Waals surface area (Å²) in [5.74, 6) is -0.232. The van der Waals surface area contributed by atoms with Crippen molar-refractivity contribution in [2.75, 3.05) is 5.32 Å². The molecule has 0 spiro atoms. The van der Waals surface area contributed by atoms with Gasteiger partial charge in [0.05, 0.1) is 5.69 Å². The van der Waals surface area contributed by atoms with Crippen molar-refractivity contribution in [1.29, 1.82) is 0 Å². The van der Waals surface area contributed by atoms with Crippen LogP contribution in [0.1, 0.15) is 18.1 Å². The molecule has 0 aliphatic rings. The van der Waals surface area contributed by atoms with E-state index >= 15 is 0 Å². The third-order valence-electron chi connectivity index (χ3n) is 2.90. The fourth-order valence-electron chi connectivity index (χ4n) is 1.90. The van der Waals surface area contributed by atoms with Crippen LogP contribution in [-0.2, 0) is 13.0 Å². The van der Waals surface area contributed by atoms with Crippen molar-refractivity contribution in [3.05, 3.63) is 63.9 Å². The summed E-state index contributed by atoms with van der Waals surface area (Å²) in [6.45, 7) is 2.84. The van der Waals surface area contributed by atoms with Gasteiger partial charge >= 0.3 is 0 Å². The number of benzene rings is 2. The first kappa shape index (κ1) is 13.1. The number of hydrogen-bond donors (Lipinski definition) is 1. The Labute approximate surface area is 115 Å². The van der Waals surface area contributed by atoms with Gasteiger partial charge < -0.3 is 5.32 Å². The molecular formula is C15H15BrFN. The highest BCUT2D eigenvalue weighted by Crippen LogP contribution is 2.24. The minimum Gasteiger partial charge on any atom is -0.380 e. The topological polar surface area (TPSA) is 12.0 Å². The van der Waals surface area contributed by atoms with Gasteiger partial charge in [0.25, 0.3) is 0 Å². The fourth-order valence-corrected chi connectivity index (χ4v) is 2.29. The summed E-state index contributed by atoms with van der Waals surface area (Å²) < 4.78 is 14.0. The Kier molecular flexibility index (Phi) is 4.37. The van der Waals surface area contributed by atoms with Gasteiger partial charge in [-0.2, -0.15) is 0 Å². The molecule has 2 rings (SSSR count). The molecule has 0 amide bonds. The van der Waals surface area contributed by atoms with E-state index in [1.54, 1.807) is 6.07 Å². The Morgan fingerprint density at radius 2 is 1.83 bits per heavy atom. The average Bonchev–Trinajstić information content (AvgIpc) is 2.40. The molecule has 0 fully saturated rings. The van der Waals surface area contributed by atoms with E-state index in [0.29, 0.717) is 6.54 Å². The van der Waals surface area contributed by atoms with Crippen molar-refractivity contribution in [3.8, 4) is 0 Å². The van der Waals surface area contributed by atoms with Crippen molar-refractivity contribution in [2.24, 2.45) is 0 Å². The van der Waals surface area contributed by atoms with Crippen molar-refractivity contribution >= 4 is 21.6 Å². The standard InChI is InChI=1S/C15H15BrFN/c1-2-11-5-3-4-6-12(11)10-18-15-9-13(17)7-8-14(15)16/h3-9,18H,2,10H2,1H3. The predicted octanol–water partition coefficient (Wildman–Crippen LogP) is 4.76. The lowest BCUT2D eigenvalue weighted by Crippen LogP contribution is -2.03. The normalized spacial score (nSPS) is 10.4. The number of anilines is 1. The Morgan fingerprint density at radius 3 is 2.56 bits per heavy atom. The van der Waals surface area contributed by atoms with Gasteiger partial charge in [0, 0.05) is 11.0 Å². The number of rotatable bonds is 4. The van der Waals surface area contributed by atoms with E-state index in [1.165, 1.54) is 23.3 Å². The second-order valence-electron chi connectivity index (χ2n) is 4.10. The van der Waals surface area contributed by atoms with Crippen LogP contribution < -0.4 is 5.32 Å². The fraction of sp³-hybridized carbons (Fsp3) is 0.200. The molecule has 18 heavy (non-hydrogen) atoms. The van der Waals surface area contributed by atoms with Crippen molar-refractivity contribution < 1.29 is 4.39 Å². The summed E-state index contributed by atoms with van der Waals surface area (Å²) in [4.78, 5) is 0. The van der Waals surface area contributed by atoms with Gasteiger partial charge in [-0.25, -0.2) is 4.39 Å². The van der Waals surface area contributed by atoms with Crippen LogP contribution in [0.4, 0.5) is 10.1 Å². The molecule has 94 valence electrons. The van der Waals surface area contributed by atoms with Crippen LogP contribution in [0.25, 0.3) is 0 Å². The molecule has 0 saturated carbocycles. The van der Waals surface area contributed by atoms with Gasteiger partial charge in [-0.15, -0.1) is 0 Å². The van der Waals surface area contributed by atoms with Crippen LogP contribution >= 0.6 is 15.9 Å². The summed E-state index contributed by atoms with van der Waals surface area (Å²) in [6, 6.07) is 12.9. The molecule has 0 bridgehead atoms. The third kappa shape index (κ3) is 3.10. The smallest absolute Gasteiger partial charge is 0.125 e. The third-order valence-corrected chi connectivity index (χ3v) is 3.59. The summed E-state index contributed by atoms with van der Waals surface area (Å²) in [5, 5.41) is 3.26. The Balaban J connectivity index is 2.14. The molecule has 0 unspecified atom stereocenters. The molecule has 1 N–H and O–H groups in total. The van der Waals surface area contributed by atoms with Crippen molar-refractivity contribution in [3.63, 3.8) is 0 Å². The molecule has 0 aliphatic heterocycles. The Bertz CT molecular complexity index is 540. The Morgan fingerprint density at radius 1 is 1.11 bits per heavy atom. The number of aryl methyl sites for hydroxylation is 1. The van der Waals surface area contributed by atoms with Crippen LogP contribution in [0.5, 0.6) is 0 Å². The minimum absolute atomic E-state index is 0.232. The zero-order valence-electron chi connectivity index (χ0n) is 10.2. The van der Waals surface area contributed by atoms with Gasteiger partial charge in [-0.1, -0.05) is 31.2 Å². The molecule has 0 aromatic heterocycles. The highest BCUT2D eigenvalue weighted by molar-refractivity contribution is 9.10. The first-order valence-corrected chi connectivity index (χ1v) is 6.75. The molecule has 0 aliphatic carbocycles. The monoisotopic (exact) mass is 307 g/mol.